The lowest BCUT2D eigenvalue weighted by molar-refractivity contribution is -0.136. The van der Waals surface area contributed by atoms with Crippen molar-refractivity contribution in [3.8, 4) is 0 Å². The van der Waals surface area contributed by atoms with E-state index in [-0.39, 0.29) is 12.5 Å². The Morgan fingerprint density at radius 1 is 1.00 bits per heavy atom. The molecular formula is C19H24N2O3. The third-order valence-electron chi connectivity index (χ3n) is 4.31. The Bertz CT molecular complexity index is 705. The van der Waals surface area contributed by atoms with Crippen molar-refractivity contribution in [2.24, 2.45) is 5.92 Å². The average Bonchev–Trinajstić information content (AvgIpc) is 2.61. The second-order valence-electron chi connectivity index (χ2n) is 5.83. The molecule has 1 atom stereocenters. The first kappa shape index (κ1) is 17.9. The Morgan fingerprint density at radius 3 is 2.38 bits per heavy atom. The first-order valence-electron chi connectivity index (χ1n) is 8.31. The molecule has 24 heavy (non-hydrogen) atoms. The van der Waals surface area contributed by atoms with E-state index in [9.17, 15) is 14.7 Å². The SMILES string of the molecule is CCC(CC)C(O)CNC(=O)C(=O)Nc1cccc2ccccc12. The van der Waals surface area contributed by atoms with Crippen molar-refractivity contribution in [3.05, 3.63) is 42.5 Å². The number of fused-ring (bicyclic) bond motifs is 1. The Kier molecular flexibility index (Phi) is 6.32. The molecule has 5 heteroatoms. The summed E-state index contributed by atoms with van der Waals surface area (Å²) in [4.78, 5) is 24.0. The molecule has 0 heterocycles. The lowest BCUT2D eigenvalue weighted by Crippen LogP contribution is -2.41. The van der Waals surface area contributed by atoms with Gasteiger partial charge in [-0.2, -0.15) is 0 Å². The number of nitrogens with one attached hydrogen (secondary N) is 2. The van der Waals surface area contributed by atoms with Crippen LogP contribution >= 0.6 is 0 Å². The summed E-state index contributed by atoms with van der Waals surface area (Å²) < 4.78 is 0. The van der Waals surface area contributed by atoms with E-state index >= 15 is 0 Å². The predicted octanol–water partition coefficient (Wildman–Crippen LogP) is 2.69. The molecule has 2 rings (SSSR count). The van der Waals surface area contributed by atoms with E-state index in [0.717, 1.165) is 23.6 Å². The zero-order valence-electron chi connectivity index (χ0n) is 14.1. The van der Waals surface area contributed by atoms with Crippen molar-refractivity contribution < 1.29 is 14.7 Å². The smallest absolute Gasteiger partial charge is 0.313 e. The summed E-state index contributed by atoms with van der Waals surface area (Å²) in [5.74, 6) is -1.36. The van der Waals surface area contributed by atoms with Gasteiger partial charge in [0, 0.05) is 17.6 Å². The number of rotatable bonds is 6. The van der Waals surface area contributed by atoms with Gasteiger partial charge in [0.05, 0.1) is 6.10 Å². The second-order valence-corrected chi connectivity index (χ2v) is 5.83. The van der Waals surface area contributed by atoms with Crippen LogP contribution in [0.1, 0.15) is 26.7 Å². The monoisotopic (exact) mass is 328 g/mol. The lowest BCUT2D eigenvalue weighted by atomic mass is 9.96. The molecule has 0 saturated carbocycles. The number of anilines is 1. The van der Waals surface area contributed by atoms with Gasteiger partial charge in [0.1, 0.15) is 0 Å². The zero-order chi connectivity index (χ0) is 17.5. The van der Waals surface area contributed by atoms with Gasteiger partial charge in [-0.1, -0.05) is 63.1 Å². The standard InChI is InChI=1S/C19H24N2O3/c1-3-13(4-2)17(22)12-20-18(23)19(24)21-16-11-7-9-14-8-5-6-10-15(14)16/h5-11,13,17,22H,3-4,12H2,1-2H3,(H,20,23)(H,21,24). The molecule has 0 fully saturated rings. The molecule has 2 aromatic carbocycles. The molecule has 0 aliphatic heterocycles. The van der Waals surface area contributed by atoms with Gasteiger partial charge in [-0.25, -0.2) is 0 Å². The van der Waals surface area contributed by atoms with Crippen LogP contribution in [0.2, 0.25) is 0 Å². The van der Waals surface area contributed by atoms with Crippen LogP contribution < -0.4 is 10.6 Å². The largest absolute Gasteiger partial charge is 0.391 e. The van der Waals surface area contributed by atoms with Crippen LogP contribution in [0.25, 0.3) is 10.8 Å². The highest BCUT2D eigenvalue weighted by molar-refractivity contribution is 6.40. The molecule has 128 valence electrons. The van der Waals surface area contributed by atoms with Crippen molar-refractivity contribution in [1.29, 1.82) is 0 Å². The lowest BCUT2D eigenvalue weighted by Gasteiger charge is -2.20. The molecule has 2 amide bonds. The summed E-state index contributed by atoms with van der Waals surface area (Å²) in [6.07, 6.45) is 1.01. The van der Waals surface area contributed by atoms with E-state index in [1.807, 2.05) is 50.2 Å². The fourth-order valence-electron chi connectivity index (χ4n) is 2.79. The molecule has 0 saturated heterocycles. The summed E-state index contributed by atoms with van der Waals surface area (Å²) in [6.45, 7) is 4.06. The van der Waals surface area contributed by atoms with Crippen LogP contribution in [0.4, 0.5) is 5.69 Å². The quantitative estimate of drug-likeness (QED) is 0.713. The van der Waals surface area contributed by atoms with Gasteiger partial charge in [0.2, 0.25) is 0 Å². The molecule has 2 aromatic rings. The van der Waals surface area contributed by atoms with Gasteiger partial charge in [0.25, 0.3) is 0 Å². The summed E-state index contributed by atoms with van der Waals surface area (Å²) in [7, 11) is 0. The molecular weight excluding hydrogens is 304 g/mol. The summed E-state index contributed by atoms with van der Waals surface area (Å²) in [5, 5.41) is 17.0. The molecule has 1 unspecified atom stereocenters. The number of hydrogen-bond acceptors (Lipinski definition) is 3. The molecule has 5 nitrogen and oxygen atoms in total. The average molecular weight is 328 g/mol. The van der Waals surface area contributed by atoms with Crippen molar-refractivity contribution in [1.82, 2.24) is 5.32 Å². The van der Waals surface area contributed by atoms with Crippen LogP contribution in [0, 0.1) is 5.92 Å². The topological polar surface area (TPSA) is 78.4 Å². The Labute approximate surface area is 142 Å². The number of aliphatic hydroxyl groups excluding tert-OH is 1. The van der Waals surface area contributed by atoms with Crippen LogP contribution in [-0.4, -0.2) is 29.6 Å². The van der Waals surface area contributed by atoms with Crippen molar-refractivity contribution in [3.63, 3.8) is 0 Å². The van der Waals surface area contributed by atoms with Crippen molar-refractivity contribution >= 4 is 28.3 Å². The number of aliphatic hydroxyl groups is 1. The molecule has 0 spiro atoms. The number of benzene rings is 2. The second kappa shape index (κ2) is 8.45. The van der Waals surface area contributed by atoms with Crippen molar-refractivity contribution in [2.75, 3.05) is 11.9 Å². The third kappa shape index (κ3) is 4.32. The molecule has 0 radical (unpaired) electrons. The maximum atomic E-state index is 12.1. The third-order valence-corrected chi connectivity index (χ3v) is 4.31. The van der Waals surface area contributed by atoms with Crippen LogP contribution in [0.3, 0.4) is 0 Å². The summed E-state index contributed by atoms with van der Waals surface area (Å²) in [6, 6.07) is 13.1. The van der Waals surface area contributed by atoms with Gasteiger partial charge in [-0.05, 0) is 17.4 Å². The fourth-order valence-corrected chi connectivity index (χ4v) is 2.79. The normalized spacial score (nSPS) is 12.2. The zero-order valence-corrected chi connectivity index (χ0v) is 14.1. The van der Waals surface area contributed by atoms with Gasteiger partial charge in [-0.15, -0.1) is 0 Å². The highest BCUT2D eigenvalue weighted by atomic mass is 16.3. The van der Waals surface area contributed by atoms with E-state index in [2.05, 4.69) is 10.6 Å². The van der Waals surface area contributed by atoms with E-state index in [4.69, 9.17) is 0 Å². The maximum Gasteiger partial charge on any atom is 0.313 e. The van der Waals surface area contributed by atoms with E-state index in [1.54, 1.807) is 6.07 Å². The highest BCUT2D eigenvalue weighted by Crippen LogP contribution is 2.22. The first-order chi connectivity index (χ1) is 11.6. The summed E-state index contributed by atoms with van der Waals surface area (Å²) in [5.41, 5.74) is 0.591. The summed E-state index contributed by atoms with van der Waals surface area (Å²) >= 11 is 0. The van der Waals surface area contributed by atoms with Gasteiger partial charge in [0.15, 0.2) is 0 Å². The van der Waals surface area contributed by atoms with E-state index in [1.165, 1.54) is 0 Å². The Morgan fingerprint density at radius 2 is 1.67 bits per heavy atom. The Balaban J connectivity index is 1.97. The molecule has 0 aliphatic carbocycles. The molecule has 3 N–H and O–H groups in total. The number of carbonyl (C=O) groups is 2. The van der Waals surface area contributed by atoms with Gasteiger partial charge >= 0.3 is 11.8 Å². The van der Waals surface area contributed by atoms with Crippen LogP contribution in [0.5, 0.6) is 0 Å². The van der Waals surface area contributed by atoms with Crippen LogP contribution in [0.15, 0.2) is 42.5 Å². The maximum absolute atomic E-state index is 12.1. The molecule has 0 aromatic heterocycles. The fraction of sp³-hybridized carbons (Fsp3) is 0.368. The first-order valence-corrected chi connectivity index (χ1v) is 8.31. The number of amides is 2. The highest BCUT2D eigenvalue weighted by Gasteiger charge is 2.19. The van der Waals surface area contributed by atoms with Gasteiger partial charge in [-0.3, -0.25) is 9.59 Å². The Hall–Kier alpha value is -2.40. The van der Waals surface area contributed by atoms with Gasteiger partial charge < -0.3 is 15.7 Å². The molecule has 0 bridgehead atoms. The van der Waals surface area contributed by atoms with E-state index < -0.39 is 17.9 Å². The molecule has 0 aliphatic rings. The number of carbonyl (C=O) groups excluding carboxylic acids is 2. The minimum atomic E-state index is -0.743. The minimum Gasteiger partial charge on any atom is -0.391 e. The van der Waals surface area contributed by atoms with Crippen LogP contribution in [-0.2, 0) is 9.59 Å². The predicted molar refractivity (Wildman–Crippen MR) is 95.7 cm³/mol. The van der Waals surface area contributed by atoms with Crippen molar-refractivity contribution in [2.45, 2.75) is 32.8 Å². The number of hydrogen-bond donors (Lipinski definition) is 3. The minimum absolute atomic E-state index is 0.0775. The van der Waals surface area contributed by atoms with E-state index in [0.29, 0.717) is 5.69 Å².